The van der Waals surface area contributed by atoms with Crippen LogP contribution in [0.1, 0.15) is 5.56 Å². The molecular weight excluding hydrogens is 458 g/mol. The van der Waals surface area contributed by atoms with Gasteiger partial charge in [0.1, 0.15) is 0 Å². The molecule has 0 spiro atoms. The number of amidine groups is 1. The van der Waals surface area contributed by atoms with E-state index in [1.807, 2.05) is 96.4 Å². The third-order valence-electron chi connectivity index (χ3n) is 4.77. The number of anilines is 1. The van der Waals surface area contributed by atoms with Crippen molar-refractivity contribution in [3.05, 3.63) is 106 Å². The van der Waals surface area contributed by atoms with Crippen molar-refractivity contribution in [3.8, 4) is 11.3 Å². The van der Waals surface area contributed by atoms with E-state index < -0.39 is 0 Å². The highest BCUT2D eigenvalue weighted by Gasteiger charge is 2.35. The highest BCUT2D eigenvalue weighted by molar-refractivity contribution is 8.19. The monoisotopic (exact) mass is 473 g/mol. The molecule has 0 radical (unpaired) electrons. The van der Waals surface area contributed by atoms with Crippen molar-refractivity contribution in [2.24, 2.45) is 4.99 Å². The molecule has 7 heteroatoms. The van der Waals surface area contributed by atoms with E-state index in [9.17, 15) is 4.79 Å². The Morgan fingerprint density at radius 3 is 2.34 bits per heavy atom. The number of carbonyl (C=O) groups is 1. The van der Waals surface area contributed by atoms with Crippen LogP contribution in [0.3, 0.4) is 0 Å². The van der Waals surface area contributed by atoms with Crippen molar-refractivity contribution in [2.45, 2.75) is 0 Å². The summed E-state index contributed by atoms with van der Waals surface area (Å²) in [6.45, 7) is 0. The molecule has 1 amide bonds. The van der Waals surface area contributed by atoms with Crippen LogP contribution in [0.2, 0.25) is 5.02 Å². The predicted octanol–water partition coefficient (Wildman–Crippen LogP) is 7.27. The minimum absolute atomic E-state index is 0.139. The van der Waals surface area contributed by atoms with Gasteiger partial charge < -0.3 is 0 Å². The Kier molecular flexibility index (Phi) is 5.90. The van der Waals surface area contributed by atoms with Crippen molar-refractivity contribution < 1.29 is 4.79 Å². The molecule has 0 unspecified atom stereocenters. The first kappa shape index (κ1) is 20.7. The standard InChI is InChI=1S/C25H16ClN3OS2/c26-20-14-8-7-11-18(20)15-22-23(30)29(19-12-5-2-6-13-19)25(32-22)28-24-27-21(16-31-24)17-9-3-1-4-10-17/h1-16H/b22-15-,28-25+. The van der Waals surface area contributed by atoms with Crippen molar-refractivity contribution in [1.29, 1.82) is 0 Å². The van der Waals surface area contributed by atoms with Crippen LogP contribution in [-0.4, -0.2) is 16.1 Å². The fourth-order valence-electron chi connectivity index (χ4n) is 3.23. The van der Waals surface area contributed by atoms with E-state index >= 15 is 0 Å². The van der Waals surface area contributed by atoms with Gasteiger partial charge in [0.15, 0.2) is 5.17 Å². The Hall–Kier alpha value is -3.19. The Morgan fingerprint density at radius 2 is 1.59 bits per heavy atom. The third kappa shape index (κ3) is 4.25. The lowest BCUT2D eigenvalue weighted by Crippen LogP contribution is -2.28. The van der Waals surface area contributed by atoms with E-state index in [2.05, 4.69) is 4.98 Å². The van der Waals surface area contributed by atoms with E-state index in [-0.39, 0.29) is 5.91 Å². The summed E-state index contributed by atoms with van der Waals surface area (Å²) in [6, 6.07) is 26.9. The Bertz CT molecular complexity index is 1330. The number of hydrogen-bond acceptors (Lipinski definition) is 5. The van der Waals surface area contributed by atoms with Crippen molar-refractivity contribution >= 4 is 62.7 Å². The number of carbonyl (C=O) groups excluding carboxylic acids is 1. The molecule has 3 aromatic carbocycles. The quantitative estimate of drug-likeness (QED) is 0.293. The maximum atomic E-state index is 13.3. The van der Waals surface area contributed by atoms with Crippen LogP contribution < -0.4 is 4.90 Å². The van der Waals surface area contributed by atoms with E-state index in [4.69, 9.17) is 16.6 Å². The number of thioether (sulfide) groups is 1. The number of nitrogens with zero attached hydrogens (tertiary/aromatic N) is 3. The van der Waals surface area contributed by atoms with E-state index in [0.29, 0.717) is 20.2 Å². The van der Waals surface area contributed by atoms with Crippen LogP contribution in [0.15, 0.2) is 100 Å². The number of rotatable bonds is 4. The molecule has 1 aromatic heterocycles. The zero-order valence-corrected chi connectivity index (χ0v) is 19.1. The number of para-hydroxylation sites is 1. The summed E-state index contributed by atoms with van der Waals surface area (Å²) >= 11 is 9.08. The molecule has 156 valence electrons. The Labute approximate surface area is 198 Å². The number of halogens is 1. The molecular formula is C25H16ClN3OS2. The molecule has 0 N–H and O–H groups in total. The summed E-state index contributed by atoms with van der Waals surface area (Å²) in [5, 5.41) is 3.73. The van der Waals surface area contributed by atoms with E-state index in [0.717, 1.165) is 22.5 Å². The summed E-state index contributed by atoms with van der Waals surface area (Å²) in [4.78, 5) is 24.9. The molecule has 1 fully saturated rings. The molecule has 0 aliphatic carbocycles. The summed E-state index contributed by atoms with van der Waals surface area (Å²) in [5.74, 6) is -0.139. The van der Waals surface area contributed by atoms with Gasteiger partial charge in [-0.15, -0.1) is 11.3 Å². The van der Waals surface area contributed by atoms with Gasteiger partial charge in [-0.05, 0) is 41.6 Å². The van der Waals surface area contributed by atoms with Crippen LogP contribution >= 0.6 is 34.7 Å². The molecule has 0 bridgehead atoms. The fourth-order valence-corrected chi connectivity index (χ4v) is 5.14. The zero-order chi connectivity index (χ0) is 21.9. The average molecular weight is 474 g/mol. The van der Waals surface area contributed by atoms with Gasteiger partial charge in [0.2, 0.25) is 5.13 Å². The summed E-state index contributed by atoms with van der Waals surface area (Å²) in [7, 11) is 0. The first-order valence-electron chi connectivity index (χ1n) is 9.82. The lowest BCUT2D eigenvalue weighted by molar-refractivity contribution is -0.113. The molecule has 2 heterocycles. The molecule has 5 rings (SSSR count). The second-order valence-electron chi connectivity index (χ2n) is 6.88. The number of amides is 1. The first-order chi connectivity index (χ1) is 15.7. The molecule has 4 aromatic rings. The van der Waals surface area contributed by atoms with Gasteiger partial charge in [-0.3, -0.25) is 9.69 Å². The van der Waals surface area contributed by atoms with Crippen molar-refractivity contribution in [2.75, 3.05) is 4.90 Å². The second kappa shape index (κ2) is 9.12. The third-order valence-corrected chi connectivity index (χ3v) is 6.81. The van der Waals surface area contributed by atoms with Gasteiger partial charge in [-0.25, -0.2) is 4.98 Å². The molecule has 1 aliphatic heterocycles. The summed E-state index contributed by atoms with van der Waals surface area (Å²) in [5.41, 5.74) is 3.44. The van der Waals surface area contributed by atoms with E-state index in [1.165, 1.54) is 23.1 Å². The van der Waals surface area contributed by atoms with Gasteiger partial charge >= 0.3 is 0 Å². The summed E-state index contributed by atoms with van der Waals surface area (Å²) < 4.78 is 0. The minimum atomic E-state index is -0.139. The number of benzene rings is 3. The van der Waals surface area contributed by atoms with E-state index in [1.54, 1.807) is 4.90 Å². The number of thiazole rings is 1. The minimum Gasteiger partial charge on any atom is -0.268 e. The summed E-state index contributed by atoms with van der Waals surface area (Å²) in [6.07, 6.45) is 1.81. The molecule has 32 heavy (non-hydrogen) atoms. The van der Waals surface area contributed by atoms with Crippen LogP contribution in [-0.2, 0) is 4.79 Å². The van der Waals surface area contributed by atoms with Gasteiger partial charge in [0.25, 0.3) is 5.91 Å². The highest BCUT2D eigenvalue weighted by atomic mass is 35.5. The van der Waals surface area contributed by atoms with Gasteiger partial charge in [-0.1, -0.05) is 78.3 Å². The largest absolute Gasteiger partial charge is 0.271 e. The smallest absolute Gasteiger partial charge is 0.268 e. The zero-order valence-electron chi connectivity index (χ0n) is 16.7. The van der Waals surface area contributed by atoms with Gasteiger partial charge in [-0.2, -0.15) is 4.99 Å². The predicted molar refractivity (Wildman–Crippen MR) is 136 cm³/mol. The van der Waals surface area contributed by atoms with Crippen LogP contribution in [0, 0.1) is 0 Å². The lowest BCUT2D eigenvalue weighted by atomic mass is 10.2. The second-order valence-corrected chi connectivity index (χ2v) is 9.14. The molecule has 1 aliphatic rings. The lowest BCUT2D eigenvalue weighted by Gasteiger charge is -2.14. The maximum Gasteiger partial charge on any atom is 0.271 e. The maximum absolute atomic E-state index is 13.3. The molecule has 0 atom stereocenters. The van der Waals surface area contributed by atoms with Crippen LogP contribution in [0.4, 0.5) is 10.8 Å². The SMILES string of the molecule is O=C1/C(=C/c2ccccc2Cl)S/C(=N/c2nc(-c3ccccc3)cs2)N1c1ccccc1. The van der Waals surface area contributed by atoms with Crippen LogP contribution in [0.25, 0.3) is 17.3 Å². The molecule has 4 nitrogen and oxygen atoms in total. The van der Waals surface area contributed by atoms with Crippen molar-refractivity contribution in [3.63, 3.8) is 0 Å². The highest BCUT2D eigenvalue weighted by Crippen LogP contribution is 2.38. The normalized spacial score (nSPS) is 16.3. The van der Waals surface area contributed by atoms with Crippen LogP contribution in [0.5, 0.6) is 0 Å². The molecule has 1 saturated heterocycles. The topological polar surface area (TPSA) is 45.6 Å². The number of aliphatic imine (C=N–C) groups is 1. The Morgan fingerprint density at radius 1 is 0.906 bits per heavy atom. The van der Waals surface area contributed by atoms with Gasteiger partial charge in [0, 0.05) is 16.0 Å². The molecule has 0 saturated carbocycles. The number of aromatic nitrogens is 1. The van der Waals surface area contributed by atoms with Gasteiger partial charge in [0.05, 0.1) is 16.3 Å². The first-order valence-corrected chi connectivity index (χ1v) is 11.9. The Balaban J connectivity index is 1.54. The average Bonchev–Trinajstić information content (AvgIpc) is 3.41. The van der Waals surface area contributed by atoms with Crippen molar-refractivity contribution in [1.82, 2.24) is 4.98 Å². The number of hydrogen-bond donors (Lipinski definition) is 0. The fraction of sp³-hybridized carbons (Fsp3) is 0.